The van der Waals surface area contributed by atoms with Crippen molar-refractivity contribution in [1.29, 1.82) is 0 Å². The van der Waals surface area contributed by atoms with Gasteiger partial charge in [-0.15, -0.1) is 0 Å². The number of hydrogen-bond acceptors (Lipinski definition) is 2. The molecule has 0 bridgehead atoms. The molecule has 13 heavy (non-hydrogen) atoms. The lowest BCUT2D eigenvalue weighted by Gasteiger charge is -2.20. The average molecular weight is 182 g/mol. The fourth-order valence-electron chi connectivity index (χ4n) is 2.25. The minimum absolute atomic E-state index is 0.130. The highest BCUT2D eigenvalue weighted by molar-refractivity contribution is 5.82. The molecule has 3 nitrogen and oxygen atoms in total. The molecule has 2 aliphatic heterocycles. The highest BCUT2D eigenvalue weighted by Gasteiger charge is 2.30. The zero-order valence-electron chi connectivity index (χ0n) is 8.25. The van der Waals surface area contributed by atoms with Gasteiger partial charge in [-0.3, -0.25) is 4.79 Å². The number of rotatable bonds is 1. The summed E-state index contributed by atoms with van der Waals surface area (Å²) in [5.41, 5.74) is 0. The zero-order valence-corrected chi connectivity index (χ0v) is 8.25. The van der Waals surface area contributed by atoms with Gasteiger partial charge < -0.3 is 10.2 Å². The summed E-state index contributed by atoms with van der Waals surface area (Å²) in [5.74, 6) is 1.03. The number of hydrogen-bond donors (Lipinski definition) is 1. The third kappa shape index (κ3) is 1.85. The van der Waals surface area contributed by atoms with Crippen molar-refractivity contribution < 1.29 is 4.79 Å². The van der Waals surface area contributed by atoms with E-state index in [1.54, 1.807) is 0 Å². The zero-order chi connectivity index (χ0) is 9.26. The van der Waals surface area contributed by atoms with Gasteiger partial charge in [0.2, 0.25) is 5.91 Å². The number of carbonyl (C=O) groups excluding carboxylic acids is 1. The Labute approximate surface area is 79.5 Å². The van der Waals surface area contributed by atoms with Crippen molar-refractivity contribution in [2.45, 2.75) is 32.2 Å². The molecule has 1 N–H and O–H groups in total. The van der Waals surface area contributed by atoms with Gasteiger partial charge in [-0.25, -0.2) is 0 Å². The summed E-state index contributed by atoms with van der Waals surface area (Å²) in [6.45, 7) is 5.17. The number of amides is 1. The largest absolute Gasteiger partial charge is 0.341 e. The second kappa shape index (κ2) is 3.66. The summed E-state index contributed by atoms with van der Waals surface area (Å²) >= 11 is 0. The predicted molar refractivity (Wildman–Crippen MR) is 51.4 cm³/mol. The first kappa shape index (κ1) is 9.00. The quantitative estimate of drug-likeness (QED) is 0.644. The highest BCUT2D eigenvalue weighted by atomic mass is 16.2. The predicted octanol–water partition coefficient (Wildman–Crippen LogP) is 0.607. The average Bonchev–Trinajstić information content (AvgIpc) is 2.72. The Hall–Kier alpha value is -0.570. The lowest BCUT2D eigenvalue weighted by atomic mass is 10.2. The van der Waals surface area contributed by atoms with Crippen LogP contribution in [0.4, 0.5) is 0 Å². The van der Waals surface area contributed by atoms with Crippen LogP contribution in [0.5, 0.6) is 0 Å². The molecule has 2 saturated heterocycles. The van der Waals surface area contributed by atoms with E-state index in [2.05, 4.69) is 12.2 Å². The molecule has 0 aromatic carbocycles. The molecule has 2 fully saturated rings. The maximum absolute atomic E-state index is 11.9. The second-order valence-electron chi connectivity index (χ2n) is 4.33. The molecule has 1 amide bonds. The van der Waals surface area contributed by atoms with Gasteiger partial charge in [-0.2, -0.15) is 0 Å². The molecule has 0 spiro atoms. The van der Waals surface area contributed by atoms with E-state index in [4.69, 9.17) is 0 Å². The molecular formula is C10H18N2O. The van der Waals surface area contributed by atoms with Crippen molar-refractivity contribution in [3.05, 3.63) is 0 Å². The Morgan fingerprint density at radius 1 is 1.46 bits per heavy atom. The first-order chi connectivity index (χ1) is 6.27. The number of nitrogens with zero attached hydrogens (tertiary/aromatic N) is 1. The van der Waals surface area contributed by atoms with Gasteiger partial charge in [0.1, 0.15) is 0 Å². The van der Waals surface area contributed by atoms with Crippen molar-refractivity contribution in [1.82, 2.24) is 10.2 Å². The Balaban J connectivity index is 1.89. The number of carbonyl (C=O) groups is 1. The maximum Gasteiger partial charge on any atom is 0.239 e. The van der Waals surface area contributed by atoms with Gasteiger partial charge in [0.05, 0.1) is 6.04 Å². The van der Waals surface area contributed by atoms with Crippen LogP contribution in [-0.4, -0.2) is 36.5 Å². The minimum Gasteiger partial charge on any atom is -0.341 e. The highest BCUT2D eigenvalue weighted by Crippen LogP contribution is 2.18. The summed E-state index contributed by atoms with van der Waals surface area (Å²) in [5, 5.41) is 3.26. The Kier molecular flexibility index (Phi) is 2.54. The van der Waals surface area contributed by atoms with E-state index in [9.17, 15) is 4.79 Å². The van der Waals surface area contributed by atoms with E-state index in [1.165, 1.54) is 6.42 Å². The molecule has 0 aromatic rings. The lowest BCUT2D eigenvalue weighted by molar-refractivity contribution is -0.132. The van der Waals surface area contributed by atoms with Crippen LogP contribution in [0.15, 0.2) is 0 Å². The Morgan fingerprint density at radius 2 is 2.31 bits per heavy atom. The van der Waals surface area contributed by atoms with Gasteiger partial charge in [0.25, 0.3) is 0 Å². The molecular weight excluding hydrogens is 164 g/mol. The summed E-state index contributed by atoms with van der Waals surface area (Å²) in [4.78, 5) is 13.9. The van der Waals surface area contributed by atoms with E-state index in [1.807, 2.05) is 4.90 Å². The molecule has 0 aromatic heterocycles. The molecule has 2 aliphatic rings. The van der Waals surface area contributed by atoms with Crippen LogP contribution in [0.1, 0.15) is 26.2 Å². The molecule has 0 saturated carbocycles. The van der Waals surface area contributed by atoms with E-state index in [0.29, 0.717) is 11.8 Å². The first-order valence-corrected chi connectivity index (χ1v) is 5.29. The topological polar surface area (TPSA) is 32.3 Å². The monoisotopic (exact) mass is 182 g/mol. The summed E-state index contributed by atoms with van der Waals surface area (Å²) in [6, 6.07) is 0.130. The van der Waals surface area contributed by atoms with Gasteiger partial charge in [0, 0.05) is 13.1 Å². The fraction of sp³-hybridized carbons (Fsp3) is 0.900. The Bertz CT molecular complexity index is 199. The summed E-state index contributed by atoms with van der Waals surface area (Å²) in [6.07, 6.45) is 3.36. The number of likely N-dealkylation sites (tertiary alicyclic amines) is 1. The molecule has 0 aliphatic carbocycles. The molecule has 2 rings (SSSR count). The molecule has 1 unspecified atom stereocenters. The molecule has 3 heteroatoms. The molecule has 0 radical (unpaired) electrons. The van der Waals surface area contributed by atoms with Crippen LogP contribution in [-0.2, 0) is 4.79 Å². The minimum atomic E-state index is 0.130. The normalized spacial score (nSPS) is 34.1. The van der Waals surface area contributed by atoms with Gasteiger partial charge in [-0.05, 0) is 31.7 Å². The van der Waals surface area contributed by atoms with Crippen LogP contribution in [0.2, 0.25) is 0 Å². The van der Waals surface area contributed by atoms with Crippen LogP contribution >= 0.6 is 0 Å². The van der Waals surface area contributed by atoms with E-state index < -0.39 is 0 Å². The van der Waals surface area contributed by atoms with E-state index >= 15 is 0 Å². The lowest BCUT2D eigenvalue weighted by Crippen LogP contribution is -2.42. The maximum atomic E-state index is 11.9. The van der Waals surface area contributed by atoms with E-state index in [0.717, 1.165) is 32.5 Å². The third-order valence-corrected chi connectivity index (χ3v) is 3.09. The summed E-state index contributed by atoms with van der Waals surface area (Å²) in [7, 11) is 0. The fourth-order valence-corrected chi connectivity index (χ4v) is 2.25. The van der Waals surface area contributed by atoms with Crippen LogP contribution in [0.25, 0.3) is 0 Å². The Morgan fingerprint density at radius 3 is 2.85 bits per heavy atom. The van der Waals surface area contributed by atoms with Crippen LogP contribution in [0.3, 0.4) is 0 Å². The van der Waals surface area contributed by atoms with Crippen molar-refractivity contribution in [2.75, 3.05) is 19.6 Å². The van der Waals surface area contributed by atoms with Crippen molar-refractivity contribution >= 4 is 5.91 Å². The van der Waals surface area contributed by atoms with Crippen LogP contribution < -0.4 is 5.32 Å². The molecule has 74 valence electrons. The van der Waals surface area contributed by atoms with E-state index in [-0.39, 0.29) is 6.04 Å². The summed E-state index contributed by atoms with van der Waals surface area (Å²) < 4.78 is 0. The first-order valence-electron chi connectivity index (χ1n) is 5.29. The molecule has 2 atom stereocenters. The third-order valence-electron chi connectivity index (χ3n) is 3.09. The van der Waals surface area contributed by atoms with Gasteiger partial charge in [0.15, 0.2) is 0 Å². The molecule has 2 heterocycles. The second-order valence-corrected chi connectivity index (χ2v) is 4.33. The smallest absolute Gasteiger partial charge is 0.239 e. The number of nitrogens with one attached hydrogen (secondary N) is 1. The van der Waals surface area contributed by atoms with Crippen LogP contribution in [0, 0.1) is 5.92 Å². The van der Waals surface area contributed by atoms with Crippen molar-refractivity contribution in [3.8, 4) is 0 Å². The van der Waals surface area contributed by atoms with Gasteiger partial charge in [-0.1, -0.05) is 6.92 Å². The SMILES string of the molecule is CC1CCN(C(=O)[C@H]2CCCN2)C1. The van der Waals surface area contributed by atoms with Gasteiger partial charge >= 0.3 is 0 Å². The standard InChI is InChI=1S/C10H18N2O/c1-8-4-6-12(7-8)10(13)9-3-2-5-11-9/h8-9,11H,2-7H2,1H3/t8?,9-/m1/s1. The van der Waals surface area contributed by atoms with Crippen molar-refractivity contribution in [3.63, 3.8) is 0 Å². The van der Waals surface area contributed by atoms with Crippen molar-refractivity contribution in [2.24, 2.45) is 5.92 Å².